The average molecular weight is 204 g/mol. The maximum atomic E-state index is 11.8. The Morgan fingerprint density at radius 2 is 2.07 bits per heavy atom. The lowest BCUT2D eigenvalue weighted by Gasteiger charge is -2.13. The molecule has 1 aromatic carbocycles. The molecule has 0 saturated carbocycles. The summed E-state index contributed by atoms with van der Waals surface area (Å²) in [5.74, 6) is -0.210. The molecule has 0 fully saturated rings. The van der Waals surface area contributed by atoms with Gasteiger partial charge in [-0.2, -0.15) is 7.05 Å². The maximum Gasteiger partial charge on any atom is 0.573 e. The molecule has 1 rings (SSSR count). The quantitative estimate of drug-likeness (QED) is 0.742. The number of alkyl halides is 3. The monoisotopic (exact) mass is 204 g/mol. The molecule has 1 aromatic rings. The Balaban J connectivity index is 2.73. The fraction of sp³-hybridized carbons (Fsp3) is 0.333. The third-order valence-corrected chi connectivity index (χ3v) is 1.47. The summed E-state index contributed by atoms with van der Waals surface area (Å²) in [6.45, 7) is 0.384. The number of hydrogen-bond donors (Lipinski definition) is 0. The van der Waals surface area contributed by atoms with Crippen LogP contribution in [0.4, 0.5) is 13.2 Å². The number of benzene rings is 1. The van der Waals surface area contributed by atoms with Crippen molar-refractivity contribution in [1.82, 2.24) is 0 Å². The molecule has 0 heterocycles. The van der Waals surface area contributed by atoms with Crippen LogP contribution >= 0.6 is 0 Å². The first-order chi connectivity index (χ1) is 6.51. The molecule has 5 heteroatoms. The van der Waals surface area contributed by atoms with Gasteiger partial charge in [-0.3, -0.25) is 0 Å². The van der Waals surface area contributed by atoms with Gasteiger partial charge in [-0.05, 0) is 12.1 Å². The van der Waals surface area contributed by atoms with Gasteiger partial charge in [0.25, 0.3) is 0 Å². The Bertz CT molecular complexity index is 298. The summed E-state index contributed by atoms with van der Waals surface area (Å²) in [6.07, 6.45) is -4.64. The molecule has 0 spiro atoms. The lowest BCUT2D eigenvalue weighted by atomic mass is 10.2. The summed E-state index contributed by atoms with van der Waals surface area (Å²) in [5.41, 5.74) is 0.689. The van der Waals surface area contributed by atoms with E-state index in [-0.39, 0.29) is 5.75 Å². The van der Waals surface area contributed by atoms with Gasteiger partial charge in [-0.25, -0.2) is 0 Å². The number of ether oxygens (including phenoxy) is 1. The third kappa shape index (κ3) is 3.66. The van der Waals surface area contributed by atoms with Gasteiger partial charge in [0.15, 0.2) is 0 Å². The van der Waals surface area contributed by atoms with E-state index in [1.165, 1.54) is 18.2 Å². The zero-order valence-electron chi connectivity index (χ0n) is 7.51. The van der Waals surface area contributed by atoms with Crippen molar-refractivity contribution >= 4 is 0 Å². The maximum absolute atomic E-state index is 11.8. The van der Waals surface area contributed by atoms with Gasteiger partial charge in [0.05, 0.1) is 0 Å². The van der Waals surface area contributed by atoms with Crippen molar-refractivity contribution in [3.8, 4) is 5.75 Å². The number of rotatable bonds is 3. The van der Waals surface area contributed by atoms with E-state index < -0.39 is 6.36 Å². The zero-order valence-corrected chi connectivity index (χ0v) is 7.51. The summed E-state index contributed by atoms with van der Waals surface area (Å²) >= 11 is 0. The van der Waals surface area contributed by atoms with Gasteiger partial charge in [0.2, 0.25) is 0 Å². The highest BCUT2D eigenvalue weighted by Crippen LogP contribution is 2.23. The van der Waals surface area contributed by atoms with Crippen molar-refractivity contribution in [2.24, 2.45) is 0 Å². The molecule has 0 aliphatic carbocycles. The Labute approximate surface area is 79.7 Å². The van der Waals surface area contributed by atoms with Crippen LogP contribution in [0.5, 0.6) is 5.75 Å². The summed E-state index contributed by atoms with van der Waals surface area (Å²) in [6, 6.07) is 5.77. The standard InChI is InChI=1S/C9H9F3NO/c1-13-6-7-3-2-4-8(5-7)14-9(10,11)12/h2-5H,6H2,1H3/q-1. The van der Waals surface area contributed by atoms with Crippen LogP contribution < -0.4 is 4.74 Å². The van der Waals surface area contributed by atoms with Gasteiger partial charge in [-0.15, -0.1) is 19.7 Å². The van der Waals surface area contributed by atoms with Crippen molar-refractivity contribution in [2.75, 3.05) is 7.05 Å². The molecule has 14 heavy (non-hydrogen) atoms. The zero-order chi connectivity index (χ0) is 10.6. The predicted octanol–water partition coefficient (Wildman–Crippen LogP) is 3.09. The smallest absolute Gasteiger partial charge is 0.573 e. The Hall–Kier alpha value is -1.23. The average Bonchev–Trinajstić information content (AvgIpc) is 2.02. The van der Waals surface area contributed by atoms with E-state index in [0.29, 0.717) is 12.1 Å². The van der Waals surface area contributed by atoms with Crippen LogP contribution in [-0.2, 0) is 6.54 Å². The van der Waals surface area contributed by atoms with Crippen molar-refractivity contribution in [3.63, 3.8) is 0 Å². The molecule has 0 N–H and O–H groups in total. The Morgan fingerprint density at radius 3 is 2.64 bits per heavy atom. The molecular weight excluding hydrogens is 195 g/mol. The first-order valence-electron chi connectivity index (χ1n) is 3.91. The van der Waals surface area contributed by atoms with Crippen LogP contribution in [0.3, 0.4) is 0 Å². The van der Waals surface area contributed by atoms with Gasteiger partial charge >= 0.3 is 6.36 Å². The molecule has 78 valence electrons. The Kier molecular flexibility index (Phi) is 3.35. The van der Waals surface area contributed by atoms with Crippen LogP contribution in [0.2, 0.25) is 0 Å². The van der Waals surface area contributed by atoms with E-state index in [0.717, 1.165) is 0 Å². The summed E-state index contributed by atoms with van der Waals surface area (Å²) in [7, 11) is 1.59. The molecular formula is C9H9F3NO-. The molecule has 0 saturated heterocycles. The molecule has 0 bridgehead atoms. The highest BCUT2D eigenvalue weighted by atomic mass is 19.4. The minimum atomic E-state index is -4.64. The van der Waals surface area contributed by atoms with Gasteiger partial charge in [0.1, 0.15) is 5.75 Å². The molecule has 0 amide bonds. The van der Waals surface area contributed by atoms with Crippen LogP contribution in [0.25, 0.3) is 5.32 Å². The van der Waals surface area contributed by atoms with Crippen molar-refractivity contribution < 1.29 is 17.9 Å². The minimum absolute atomic E-state index is 0.210. The van der Waals surface area contributed by atoms with Crippen molar-refractivity contribution in [1.29, 1.82) is 0 Å². The molecule has 0 aliphatic rings. The van der Waals surface area contributed by atoms with Gasteiger partial charge in [0, 0.05) is 0 Å². The molecule has 0 unspecified atom stereocenters. The summed E-state index contributed by atoms with van der Waals surface area (Å²) in [4.78, 5) is 0. The van der Waals surface area contributed by atoms with Crippen LogP contribution in [0, 0.1) is 0 Å². The van der Waals surface area contributed by atoms with Crippen LogP contribution in [0.1, 0.15) is 5.56 Å². The topological polar surface area (TPSA) is 23.3 Å². The molecule has 0 radical (unpaired) electrons. The van der Waals surface area contributed by atoms with Crippen molar-refractivity contribution in [3.05, 3.63) is 35.1 Å². The van der Waals surface area contributed by atoms with E-state index in [1.54, 1.807) is 13.1 Å². The second-order valence-electron chi connectivity index (χ2n) is 2.67. The van der Waals surface area contributed by atoms with E-state index in [4.69, 9.17) is 0 Å². The predicted molar refractivity (Wildman–Crippen MR) is 46.1 cm³/mol. The van der Waals surface area contributed by atoms with Crippen molar-refractivity contribution in [2.45, 2.75) is 12.9 Å². The first kappa shape index (κ1) is 10.8. The largest absolute Gasteiger partial charge is 0.661 e. The molecule has 0 aliphatic heterocycles. The molecule has 0 aromatic heterocycles. The fourth-order valence-corrected chi connectivity index (χ4v) is 1.02. The third-order valence-electron chi connectivity index (χ3n) is 1.47. The van der Waals surface area contributed by atoms with Gasteiger partial charge < -0.3 is 10.1 Å². The number of halogens is 3. The number of hydrogen-bond acceptors (Lipinski definition) is 1. The second-order valence-corrected chi connectivity index (χ2v) is 2.67. The van der Waals surface area contributed by atoms with E-state index in [9.17, 15) is 13.2 Å². The summed E-state index contributed by atoms with van der Waals surface area (Å²) in [5, 5.41) is 3.81. The fourth-order valence-electron chi connectivity index (χ4n) is 1.02. The number of nitrogens with zero attached hydrogens (tertiary/aromatic N) is 1. The highest BCUT2D eigenvalue weighted by Gasteiger charge is 2.30. The second kappa shape index (κ2) is 4.32. The first-order valence-corrected chi connectivity index (χ1v) is 3.91. The molecule has 2 nitrogen and oxygen atoms in total. The van der Waals surface area contributed by atoms with Gasteiger partial charge in [-0.1, -0.05) is 17.7 Å². The molecule has 0 atom stereocenters. The van der Waals surface area contributed by atoms with Crippen LogP contribution in [0.15, 0.2) is 24.3 Å². The van der Waals surface area contributed by atoms with E-state index in [1.807, 2.05) is 0 Å². The minimum Gasteiger partial charge on any atom is -0.661 e. The normalized spacial score (nSPS) is 11.4. The summed E-state index contributed by atoms with van der Waals surface area (Å²) < 4.78 is 39.2. The van der Waals surface area contributed by atoms with E-state index >= 15 is 0 Å². The van der Waals surface area contributed by atoms with Crippen LogP contribution in [-0.4, -0.2) is 13.4 Å². The highest BCUT2D eigenvalue weighted by molar-refractivity contribution is 5.29. The van der Waals surface area contributed by atoms with E-state index in [2.05, 4.69) is 10.1 Å². The Morgan fingerprint density at radius 1 is 1.36 bits per heavy atom. The lowest BCUT2D eigenvalue weighted by molar-refractivity contribution is -0.274. The SMILES string of the molecule is C[N-]Cc1cccc(OC(F)(F)F)c1. The lowest BCUT2D eigenvalue weighted by Crippen LogP contribution is -2.17.